The third-order valence-corrected chi connectivity index (χ3v) is 8.59. The lowest BCUT2D eigenvalue weighted by molar-refractivity contribution is 0.432. The van der Waals surface area contributed by atoms with Crippen LogP contribution in [0.3, 0.4) is 0 Å². The van der Waals surface area contributed by atoms with Crippen LogP contribution in [0, 0.1) is 6.92 Å². The molecule has 0 bridgehead atoms. The standard InChI is InChI=1S/C22H31N9S/c1-14-17-12-27-22(28-20-13-26-19(9-18(20)24)15(10-23)11-25-2)29-21(17)31(30-14)16-5-7-32(3,4)8-6-16/h9-13,16H,5-8,23H2,1-4H3,(H2,24,26)(H,27,28,29)/b15-10+,25-11?. The molecule has 0 amide bonds. The fourth-order valence-electron chi connectivity index (χ4n) is 3.97. The van der Waals surface area contributed by atoms with Gasteiger partial charge in [0.1, 0.15) is 0 Å². The average molecular weight is 454 g/mol. The second-order valence-corrected chi connectivity index (χ2v) is 13.0. The van der Waals surface area contributed by atoms with Gasteiger partial charge in [0.2, 0.25) is 5.95 Å². The maximum atomic E-state index is 6.26. The molecule has 4 rings (SSSR count). The van der Waals surface area contributed by atoms with Crippen molar-refractivity contribution in [3.05, 3.63) is 36.0 Å². The van der Waals surface area contributed by atoms with E-state index in [1.807, 2.05) is 13.1 Å². The van der Waals surface area contributed by atoms with Gasteiger partial charge in [-0.25, -0.2) is 19.7 Å². The molecule has 32 heavy (non-hydrogen) atoms. The Labute approximate surface area is 189 Å². The van der Waals surface area contributed by atoms with E-state index in [2.05, 4.69) is 37.5 Å². The zero-order valence-electron chi connectivity index (χ0n) is 19.0. The number of nitrogen functional groups attached to an aromatic ring is 1. The van der Waals surface area contributed by atoms with Crippen LogP contribution in [0.15, 0.2) is 29.7 Å². The molecule has 0 unspecified atom stereocenters. The number of anilines is 3. The van der Waals surface area contributed by atoms with E-state index in [1.165, 1.54) is 17.7 Å². The number of aromatic nitrogens is 5. The first-order chi connectivity index (χ1) is 15.3. The summed E-state index contributed by atoms with van der Waals surface area (Å²) >= 11 is 0. The van der Waals surface area contributed by atoms with Gasteiger partial charge in [0.15, 0.2) is 5.65 Å². The Kier molecular flexibility index (Phi) is 6.05. The summed E-state index contributed by atoms with van der Waals surface area (Å²) < 4.78 is 2.10. The fourth-order valence-corrected chi connectivity index (χ4v) is 5.99. The van der Waals surface area contributed by atoms with E-state index in [9.17, 15) is 0 Å². The van der Waals surface area contributed by atoms with Crippen molar-refractivity contribution in [3.8, 4) is 0 Å². The molecule has 1 aliphatic rings. The lowest BCUT2D eigenvalue weighted by Gasteiger charge is -2.39. The Hall–Kier alpha value is -3.14. The second-order valence-electron chi connectivity index (χ2n) is 8.66. The normalized spacial score (nSPS) is 18.3. The minimum Gasteiger partial charge on any atom is -0.404 e. The highest BCUT2D eigenvalue weighted by Crippen LogP contribution is 2.48. The van der Waals surface area contributed by atoms with Crippen LogP contribution >= 0.6 is 10.0 Å². The number of aliphatic imine (C=N–C) groups is 1. The highest BCUT2D eigenvalue weighted by atomic mass is 32.3. The summed E-state index contributed by atoms with van der Waals surface area (Å²) in [5.74, 6) is 3.00. The number of allylic oxidation sites excluding steroid dienone is 1. The molecular weight excluding hydrogens is 422 g/mol. The summed E-state index contributed by atoms with van der Waals surface area (Å²) in [4.78, 5) is 17.7. The fraction of sp³-hybridized carbons (Fsp3) is 0.409. The number of nitrogens with zero attached hydrogens (tertiary/aromatic N) is 6. The largest absolute Gasteiger partial charge is 0.404 e. The van der Waals surface area contributed by atoms with Crippen LogP contribution in [0.1, 0.15) is 30.3 Å². The summed E-state index contributed by atoms with van der Waals surface area (Å²) in [6, 6.07) is 2.13. The molecule has 0 spiro atoms. The van der Waals surface area contributed by atoms with E-state index >= 15 is 0 Å². The molecule has 1 saturated heterocycles. The van der Waals surface area contributed by atoms with Crippen molar-refractivity contribution >= 4 is 50.2 Å². The Morgan fingerprint density at radius 2 is 2.00 bits per heavy atom. The van der Waals surface area contributed by atoms with Crippen molar-refractivity contribution in [3.63, 3.8) is 0 Å². The van der Waals surface area contributed by atoms with Crippen molar-refractivity contribution < 1.29 is 0 Å². The molecule has 0 aromatic carbocycles. The zero-order valence-corrected chi connectivity index (χ0v) is 19.9. The Morgan fingerprint density at radius 1 is 1.25 bits per heavy atom. The van der Waals surface area contributed by atoms with E-state index in [1.54, 1.807) is 25.5 Å². The first-order valence-electron chi connectivity index (χ1n) is 10.6. The monoisotopic (exact) mass is 453 g/mol. The van der Waals surface area contributed by atoms with Crippen LogP contribution in [-0.4, -0.2) is 62.0 Å². The molecule has 3 aromatic heterocycles. The Morgan fingerprint density at radius 3 is 2.66 bits per heavy atom. The number of fused-ring (bicyclic) bond motifs is 1. The number of rotatable bonds is 5. The van der Waals surface area contributed by atoms with Gasteiger partial charge >= 0.3 is 0 Å². The lowest BCUT2D eigenvalue weighted by Crippen LogP contribution is -2.23. The molecule has 1 fully saturated rings. The number of nitrogens with two attached hydrogens (primary N) is 2. The minimum absolute atomic E-state index is 0.377. The third kappa shape index (κ3) is 4.40. The predicted octanol–water partition coefficient (Wildman–Crippen LogP) is 3.25. The topological polar surface area (TPSA) is 133 Å². The van der Waals surface area contributed by atoms with Gasteiger partial charge in [0.25, 0.3) is 0 Å². The van der Waals surface area contributed by atoms with Crippen molar-refractivity contribution in [2.24, 2.45) is 10.7 Å². The van der Waals surface area contributed by atoms with Crippen LogP contribution < -0.4 is 16.8 Å². The molecule has 0 saturated carbocycles. The molecule has 4 heterocycles. The highest BCUT2D eigenvalue weighted by Gasteiger charge is 2.27. The maximum absolute atomic E-state index is 6.26. The smallest absolute Gasteiger partial charge is 0.229 e. The number of aryl methyl sites for hydroxylation is 1. The summed E-state index contributed by atoms with van der Waals surface area (Å²) in [6.45, 7) is 2.01. The molecule has 1 aliphatic heterocycles. The van der Waals surface area contributed by atoms with Crippen LogP contribution in [-0.2, 0) is 0 Å². The van der Waals surface area contributed by atoms with Crippen molar-refractivity contribution in [2.75, 3.05) is 42.1 Å². The molecule has 5 N–H and O–H groups in total. The van der Waals surface area contributed by atoms with Gasteiger partial charge in [-0.15, -0.1) is 0 Å². The summed E-state index contributed by atoms with van der Waals surface area (Å²) in [5.41, 5.74) is 16.2. The third-order valence-electron chi connectivity index (χ3n) is 5.91. The number of hydrogen-bond donors (Lipinski definition) is 3. The molecular formula is C22H31N9S. The molecule has 0 atom stereocenters. The van der Waals surface area contributed by atoms with E-state index in [4.69, 9.17) is 21.5 Å². The number of nitrogens with one attached hydrogen (secondary N) is 1. The number of pyridine rings is 1. The van der Waals surface area contributed by atoms with Crippen LogP contribution in [0.25, 0.3) is 16.6 Å². The zero-order chi connectivity index (χ0) is 22.9. The predicted molar refractivity (Wildman–Crippen MR) is 136 cm³/mol. The van der Waals surface area contributed by atoms with Crippen LogP contribution in [0.4, 0.5) is 17.3 Å². The second kappa shape index (κ2) is 8.78. The molecule has 9 nitrogen and oxygen atoms in total. The van der Waals surface area contributed by atoms with Crippen LogP contribution in [0.5, 0.6) is 0 Å². The molecule has 3 aromatic rings. The van der Waals surface area contributed by atoms with Gasteiger partial charge in [-0.05, 0) is 49.8 Å². The SMILES string of the molecule is CN=C/C(=C\N)c1cc(N)c(Nc2ncc3c(C)nn(C4CCS(C)(C)CC4)c3n2)cn1. The van der Waals surface area contributed by atoms with Crippen LogP contribution in [0.2, 0.25) is 0 Å². The van der Waals surface area contributed by atoms with Crippen molar-refractivity contribution in [1.82, 2.24) is 24.7 Å². The van der Waals surface area contributed by atoms with E-state index in [-0.39, 0.29) is 0 Å². The van der Waals surface area contributed by atoms with E-state index in [0.717, 1.165) is 29.6 Å². The van der Waals surface area contributed by atoms with Gasteiger partial charge in [-0.3, -0.25) is 9.98 Å². The lowest BCUT2D eigenvalue weighted by atomic mass is 10.1. The number of hydrogen-bond acceptors (Lipinski definition) is 8. The van der Waals surface area contributed by atoms with Gasteiger partial charge < -0.3 is 16.8 Å². The van der Waals surface area contributed by atoms with Gasteiger partial charge in [-0.2, -0.15) is 10.1 Å². The minimum atomic E-state index is -0.466. The first kappa shape index (κ1) is 22.1. The Balaban J connectivity index is 1.62. The summed E-state index contributed by atoms with van der Waals surface area (Å²) in [5, 5.41) is 8.99. The van der Waals surface area contributed by atoms with Crippen molar-refractivity contribution in [2.45, 2.75) is 25.8 Å². The average Bonchev–Trinajstić information content (AvgIpc) is 3.09. The van der Waals surface area contributed by atoms with Crippen molar-refractivity contribution in [1.29, 1.82) is 0 Å². The first-order valence-corrected chi connectivity index (χ1v) is 13.4. The Bertz CT molecular complexity index is 1190. The molecule has 0 aliphatic carbocycles. The maximum Gasteiger partial charge on any atom is 0.229 e. The molecule has 0 radical (unpaired) electrons. The summed E-state index contributed by atoms with van der Waals surface area (Å²) in [6.07, 6.45) is 13.7. The van der Waals surface area contributed by atoms with Gasteiger partial charge in [0.05, 0.1) is 40.4 Å². The van der Waals surface area contributed by atoms with Gasteiger partial charge in [0, 0.05) is 31.2 Å². The molecule has 170 valence electrons. The van der Waals surface area contributed by atoms with E-state index in [0.29, 0.717) is 34.6 Å². The van der Waals surface area contributed by atoms with Gasteiger partial charge in [-0.1, -0.05) is 0 Å². The molecule has 10 heteroatoms. The summed E-state index contributed by atoms with van der Waals surface area (Å²) in [7, 11) is 1.21. The van der Waals surface area contributed by atoms with E-state index < -0.39 is 10.0 Å². The quantitative estimate of drug-likeness (QED) is 0.505. The highest BCUT2D eigenvalue weighted by molar-refractivity contribution is 8.32.